The second-order valence-electron chi connectivity index (χ2n) is 6.39. The third kappa shape index (κ3) is 6.13. The molecule has 0 unspecified atom stereocenters. The fourth-order valence-electron chi connectivity index (χ4n) is 2.79. The first-order chi connectivity index (χ1) is 16.7. The van der Waals surface area contributed by atoms with Crippen LogP contribution in [0.5, 0.6) is 11.5 Å². The van der Waals surface area contributed by atoms with Gasteiger partial charge in [0.2, 0.25) is 0 Å². The standard InChI is InChI=1S/2C11H12N2O4/c1-15-12-10(11-13-17-7-6-16-11)8-4-2-3-5-9(8)14;1-15-12-10-8-4-2-3-5-9(8)17-11(10)13-16-7-6-14/h2*2-5,14H,6-7H2,1H3/b12-10+;12-10+,13-11?. The number of aliphatic hydroxyl groups excluding tert-OH is 1. The molecule has 0 amide bonds. The lowest BCUT2D eigenvalue weighted by Gasteiger charge is -2.15. The Hall–Kier alpha value is -4.32. The molecule has 0 saturated heterocycles. The average Bonchev–Trinajstić information content (AvgIpc) is 3.22. The van der Waals surface area contributed by atoms with E-state index in [0.717, 1.165) is 5.56 Å². The number of aliphatic hydroxyl groups is 1. The quantitative estimate of drug-likeness (QED) is 0.353. The van der Waals surface area contributed by atoms with Gasteiger partial charge in [0.25, 0.3) is 11.8 Å². The van der Waals surface area contributed by atoms with Gasteiger partial charge in [-0.05, 0) is 34.6 Å². The molecule has 0 fully saturated rings. The predicted octanol–water partition coefficient (Wildman–Crippen LogP) is 1.85. The maximum atomic E-state index is 9.75. The fraction of sp³-hybridized carbons (Fsp3) is 0.273. The normalized spacial score (nSPS) is 16.8. The van der Waals surface area contributed by atoms with Gasteiger partial charge < -0.3 is 39.0 Å². The van der Waals surface area contributed by atoms with Crippen molar-refractivity contribution in [3.8, 4) is 11.5 Å². The molecule has 2 aromatic rings. The monoisotopic (exact) mass is 472 g/mol. The van der Waals surface area contributed by atoms with E-state index in [0.29, 0.717) is 36.0 Å². The van der Waals surface area contributed by atoms with Gasteiger partial charge in [-0.2, -0.15) is 0 Å². The Bertz CT molecular complexity index is 1080. The first-order valence-electron chi connectivity index (χ1n) is 10.1. The zero-order chi connectivity index (χ0) is 24.2. The number of benzene rings is 2. The van der Waals surface area contributed by atoms with Gasteiger partial charge in [-0.3, -0.25) is 0 Å². The SMILES string of the molecule is CO/N=C(/C1=NOCCO1)c1ccccc1O.CO/N=C1/C(=NOCCO)Oc2ccccc21. The van der Waals surface area contributed by atoms with Gasteiger partial charge in [0, 0.05) is 0 Å². The van der Waals surface area contributed by atoms with E-state index in [1.54, 1.807) is 30.3 Å². The van der Waals surface area contributed by atoms with E-state index in [9.17, 15) is 5.11 Å². The lowest BCUT2D eigenvalue weighted by atomic mass is 10.1. The molecular weight excluding hydrogens is 448 g/mol. The van der Waals surface area contributed by atoms with Crippen molar-refractivity contribution in [3.05, 3.63) is 59.7 Å². The average molecular weight is 472 g/mol. The number of phenols is 1. The highest BCUT2D eigenvalue weighted by atomic mass is 16.7. The Labute approximate surface area is 195 Å². The number of ether oxygens (including phenoxy) is 2. The van der Waals surface area contributed by atoms with Crippen LogP contribution in [0.3, 0.4) is 0 Å². The van der Waals surface area contributed by atoms with Crippen LogP contribution in [0.1, 0.15) is 11.1 Å². The van der Waals surface area contributed by atoms with Crippen LogP contribution in [0.15, 0.2) is 69.2 Å². The van der Waals surface area contributed by atoms with Crippen LogP contribution in [-0.4, -0.2) is 74.1 Å². The number of oxime groups is 4. The number of hydrogen-bond acceptors (Lipinski definition) is 12. The van der Waals surface area contributed by atoms with Gasteiger partial charge in [0.1, 0.15) is 38.9 Å². The molecule has 2 heterocycles. The molecule has 180 valence electrons. The van der Waals surface area contributed by atoms with Crippen molar-refractivity contribution >= 4 is 23.2 Å². The Balaban J connectivity index is 0.000000191. The molecule has 12 heteroatoms. The van der Waals surface area contributed by atoms with Gasteiger partial charge >= 0.3 is 0 Å². The van der Waals surface area contributed by atoms with Crippen LogP contribution in [-0.2, 0) is 24.1 Å². The molecule has 2 aliphatic rings. The predicted molar refractivity (Wildman–Crippen MR) is 122 cm³/mol. The van der Waals surface area contributed by atoms with Crippen molar-refractivity contribution in [2.45, 2.75) is 0 Å². The summed E-state index contributed by atoms with van der Waals surface area (Å²) in [4.78, 5) is 19.2. The van der Waals surface area contributed by atoms with Crippen molar-refractivity contribution in [2.75, 3.05) is 40.6 Å². The molecule has 34 heavy (non-hydrogen) atoms. The maximum Gasteiger partial charge on any atom is 0.286 e. The fourth-order valence-corrected chi connectivity index (χ4v) is 2.79. The molecule has 0 bridgehead atoms. The molecule has 2 aromatic carbocycles. The van der Waals surface area contributed by atoms with Crippen molar-refractivity contribution in [1.82, 2.24) is 0 Å². The molecular formula is C22H24N4O8. The first kappa shape index (κ1) is 24.3. The summed E-state index contributed by atoms with van der Waals surface area (Å²) in [7, 11) is 2.85. The van der Waals surface area contributed by atoms with Gasteiger partial charge in [0.15, 0.2) is 18.0 Å². The third-order valence-electron chi connectivity index (χ3n) is 4.17. The zero-order valence-electron chi connectivity index (χ0n) is 18.6. The molecule has 0 atom stereocenters. The number of rotatable bonds is 7. The molecule has 2 aliphatic heterocycles. The number of aromatic hydroxyl groups is 1. The van der Waals surface area contributed by atoms with Crippen molar-refractivity contribution in [1.29, 1.82) is 0 Å². The molecule has 4 rings (SSSR count). The third-order valence-corrected chi connectivity index (χ3v) is 4.17. The van der Waals surface area contributed by atoms with Gasteiger partial charge in [-0.1, -0.05) is 34.6 Å². The van der Waals surface area contributed by atoms with Crippen LogP contribution < -0.4 is 4.74 Å². The van der Waals surface area contributed by atoms with E-state index in [2.05, 4.69) is 20.6 Å². The topological polar surface area (TPSA) is 145 Å². The van der Waals surface area contributed by atoms with E-state index in [1.807, 2.05) is 18.2 Å². The summed E-state index contributed by atoms with van der Waals surface area (Å²) < 4.78 is 10.8. The molecule has 2 N–H and O–H groups in total. The molecule has 0 saturated carbocycles. The number of hydrogen-bond donors (Lipinski definition) is 2. The Morgan fingerprint density at radius 3 is 2.53 bits per heavy atom. The summed E-state index contributed by atoms with van der Waals surface area (Å²) in [5.74, 6) is 1.14. The number of phenolic OH excluding ortho intramolecular Hbond substituents is 1. The second kappa shape index (κ2) is 12.6. The maximum absolute atomic E-state index is 9.75. The largest absolute Gasteiger partial charge is 0.507 e. The zero-order valence-corrected chi connectivity index (χ0v) is 18.6. The summed E-state index contributed by atoms with van der Waals surface area (Å²) in [6.07, 6.45) is 0. The highest BCUT2D eigenvalue weighted by Gasteiger charge is 2.28. The van der Waals surface area contributed by atoms with E-state index in [-0.39, 0.29) is 30.8 Å². The van der Waals surface area contributed by atoms with Gasteiger partial charge in [-0.15, -0.1) is 0 Å². The Morgan fingerprint density at radius 2 is 1.82 bits per heavy atom. The molecule has 0 aromatic heterocycles. The summed E-state index contributed by atoms with van der Waals surface area (Å²) in [5.41, 5.74) is 2.03. The van der Waals surface area contributed by atoms with E-state index in [4.69, 9.17) is 33.9 Å². The minimum absolute atomic E-state index is 0.0696. The number of fused-ring (bicyclic) bond motifs is 1. The highest BCUT2D eigenvalue weighted by Crippen LogP contribution is 2.26. The van der Waals surface area contributed by atoms with Crippen molar-refractivity contribution in [2.24, 2.45) is 20.6 Å². The molecule has 0 spiro atoms. The Kier molecular flexibility index (Phi) is 9.05. The number of para-hydroxylation sites is 2. The highest BCUT2D eigenvalue weighted by molar-refractivity contribution is 6.48. The van der Waals surface area contributed by atoms with Gasteiger partial charge in [0.05, 0.1) is 17.7 Å². The van der Waals surface area contributed by atoms with Crippen molar-refractivity contribution in [3.63, 3.8) is 0 Å². The Morgan fingerprint density at radius 1 is 1.03 bits per heavy atom. The first-order valence-corrected chi connectivity index (χ1v) is 10.1. The van der Waals surface area contributed by atoms with Crippen LogP contribution in [0.2, 0.25) is 0 Å². The number of nitrogens with zero attached hydrogens (tertiary/aromatic N) is 4. The van der Waals surface area contributed by atoms with Gasteiger partial charge in [-0.25, -0.2) is 0 Å². The summed E-state index contributed by atoms with van der Waals surface area (Å²) in [6, 6.07) is 14.1. The van der Waals surface area contributed by atoms with E-state index >= 15 is 0 Å². The minimum atomic E-state index is -0.111. The van der Waals surface area contributed by atoms with Crippen LogP contribution >= 0.6 is 0 Å². The summed E-state index contributed by atoms with van der Waals surface area (Å²) >= 11 is 0. The molecule has 0 radical (unpaired) electrons. The second-order valence-corrected chi connectivity index (χ2v) is 6.39. The lowest BCUT2D eigenvalue weighted by Crippen LogP contribution is -2.25. The van der Waals surface area contributed by atoms with Crippen molar-refractivity contribution < 1.29 is 39.0 Å². The van der Waals surface area contributed by atoms with E-state index in [1.165, 1.54) is 14.2 Å². The molecule has 0 aliphatic carbocycles. The summed E-state index contributed by atoms with van der Waals surface area (Å²) in [5, 5.41) is 33.5. The smallest absolute Gasteiger partial charge is 0.286 e. The molecule has 12 nitrogen and oxygen atoms in total. The minimum Gasteiger partial charge on any atom is -0.507 e. The van der Waals surface area contributed by atoms with Crippen LogP contribution in [0.4, 0.5) is 0 Å². The van der Waals surface area contributed by atoms with E-state index < -0.39 is 0 Å². The van der Waals surface area contributed by atoms with Crippen LogP contribution in [0.25, 0.3) is 0 Å². The van der Waals surface area contributed by atoms with Crippen LogP contribution in [0, 0.1) is 0 Å². The summed E-state index contributed by atoms with van der Waals surface area (Å²) in [6.45, 7) is 0.768. The lowest BCUT2D eigenvalue weighted by molar-refractivity contribution is 0.0672.